The number of carbonyl (C=O) groups excluding carboxylic acids is 2. The van der Waals surface area contributed by atoms with Gasteiger partial charge in [0.05, 0.1) is 0 Å². The van der Waals surface area contributed by atoms with E-state index in [0.29, 0.717) is 11.6 Å². The van der Waals surface area contributed by atoms with Gasteiger partial charge in [-0.25, -0.2) is 0 Å². The first kappa shape index (κ1) is 67.8. The molecule has 1 fully saturated rings. The lowest BCUT2D eigenvalue weighted by Crippen LogP contribution is -2.46. The summed E-state index contributed by atoms with van der Waals surface area (Å²) < 4.78 is 0. The second-order valence-electron chi connectivity index (χ2n) is 23.4. The van der Waals surface area contributed by atoms with Crippen LogP contribution < -0.4 is 0 Å². The van der Waals surface area contributed by atoms with Crippen LogP contribution in [0.15, 0.2) is 116 Å². The van der Waals surface area contributed by atoms with E-state index < -0.39 is 0 Å². The number of unbranched alkanes of at least 4 members (excludes halogenated alkanes) is 9. The van der Waals surface area contributed by atoms with Crippen LogP contribution in [-0.4, -0.2) is 11.6 Å². The van der Waals surface area contributed by atoms with E-state index in [1.54, 1.807) is 39.0 Å². The van der Waals surface area contributed by atoms with Gasteiger partial charge in [0.15, 0.2) is 0 Å². The van der Waals surface area contributed by atoms with Crippen LogP contribution >= 0.6 is 0 Å². The lowest BCUT2D eigenvalue weighted by molar-refractivity contribution is -0.146. The summed E-state index contributed by atoms with van der Waals surface area (Å²) in [4.78, 5) is 26.2. The summed E-state index contributed by atoms with van der Waals surface area (Å²) in [6, 6.07) is 0. The number of carbonyl (C=O) groups is 2. The van der Waals surface area contributed by atoms with Crippen molar-refractivity contribution in [1.82, 2.24) is 0 Å². The third-order valence-electron chi connectivity index (χ3n) is 16.2. The van der Waals surface area contributed by atoms with Crippen molar-refractivity contribution in [3.8, 4) is 0 Å². The molecule has 4 unspecified atom stereocenters. The fraction of sp³-hybridized carbons (Fsp3) is 0.690. The maximum absolute atomic E-state index is 13.2. The number of allylic oxidation sites excluding steroid dienone is 20. The minimum atomic E-state index is -0.148. The Bertz CT molecular complexity index is 1860. The molecular weight excluding hydrogens is 885 g/mol. The Kier molecular flexibility index (Phi) is 39.8. The highest BCUT2D eigenvalue weighted by Crippen LogP contribution is 2.38. The van der Waals surface area contributed by atoms with Crippen LogP contribution in [0.25, 0.3) is 0 Å². The van der Waals surface area contributed by atoms with Gasteiger partial charge in [-0.2, -0.15) is 0 Å². The van der Waals surface area contributed by atoms with Crippen molar-refractivity contribution in [2.75, 3.05) is 0 Å². The minimum Gasteiger partial charge on any atom is -0.299 e. The molecule has 0 spiro atoms. The minimum absolute atomic E-state index is 0.0726. The van der Waals surface area contributed by atoms with Crippen LogP contribution in [0.3, 0.4) is 0 Å². The SMILES string of the molecule is CC/C(C)=C/CCC/C(C)=C/CCC/C(C)=C/CCC/C(C)=C/CCC/C(C)=C/CCC/C(C)=C/CCC/C(C)=C/CCC/C(C)=C/CCC/C(C)=C/CCC/C(C)=C/CC1C(=O)C(CC)C(CC)C(=O)C1C. The number of Topliss-reactive ketones (excluding diaryl/α,β-unsaturated/α-hetero) is 2. The smallest absolute Gasteiger partial charge is 0.140 e. The lowest BCUT2D eigenvalue weighted by atomic mass is 9.64. The molecule has 0 radical (unpaired) electrons. The van der Waals surface area contributed by atoms with Gasteiger partial charge in [0, 0.05) is 23.7 Å². The van der Waals surface area contributed by atoms with Gasteiger partial charge in [-0.3, -0.25) is 9.59 Å². The van der Waals surface area contributed by atoms with Crippen molar-refractivity contribution >= 4 is 11.6 Å². The molecule has 2 nitrogen and oxygen atoms in total. The average Bonchev–Trinajstić information content (AvgIpc) is 3.36. The number of hydrogen-bond donors (Lipinski definition) is 0. The standard InChI is InChI=1S/C71H118O2/c1-15-56(4)36-18-19-37-57(5)38-20-21-39-58(6)40-22-23-41-59(7)42-24-25-43-60(8)44-26-27-45-61(9)46-28-29-47-62(10)48-30-31-49-63(11)50-32-33-51-64(12)52-34-35-53-65(13)54-55-69-66(14)70(72)67(16-2)68(17-3)71(69)73/h36,38,40,42,44,46,48,50,52,54,66-69H,15-35,37,39,41,43,45,47,49,51,53,55H2,1-14H3/b56-36+,57-38+,58-40+,59-42+,60-44+,61-46+,62-48+,63-50+,64-52+,65-54+. The highest BCUT2D eigenvalue weighted by Gasteiger charge is 2.45. The molecule has 1 aliphatic carbocycles. The summed E-state index contributed by atoms with van der Waals surface area (Å²) in [5.74, 6) is 0.198. The van der Waals surface area contributed by atoms with Crippen molar-refractivity contribution in [2.45, 2.75) is 296 Å². The quantitative estimate of drug-likeness (QED) is 0.0452. The summed E-state index contributed by atoms with van der Waals surface area (Å²) >= 11 is 0. The predicted molar refractivity (Wildman–Crippen MR) is 327 cm³/mol. The third-order valence-corrected chi connectivity index (χ3v) is 16.2. The highest BCUT2D eigenvalue weighted by molar-refractivity contribution is 5.99. The van der Waals surface area contributed by atoms with Crippen LogP contribution in [0.5, 0.6) is 0 Å². The van der Waals surface area contributed by atoms with Gasteiger partial charge in [-0.15, -0.1) is 0 Å². The summed E-state index contributed by atoms with van der Waals surface area (Å²) in [6.45, 7) is 31.3. The van der Waals surface area contributed by atoms with Gasteiger partial charge in [0.25, 0.3) is 0 Å². The number of hydrogen-bond acceptors (Lipinski definition) is 2. The maximum atomic E-state index is 13.2. The summed E-state index contributed by atoms with van der Waals surface area (Å²) in [6.07, 6.45) is 60.8. The van der Waals surface area contributed by atoms with Gasteiger partial charge in [0.1, 0.15) is 11.6 Å². The van der Waals surface area contributed by atoms with E-state index in [4.69, 9.17) is 0 Å². The molecule has 1 rings (SSSR count). The Morgan fingerprint density at radius 3 is 0.726 bits per heavy atom. The van der Waals surface area contributed by atoms with E-state index >= 15 is 0 Å². The Balaban J connectivity index is 2.14. The van der Waals surface area contributed by atoms with Crippen LogP contribution in [0.2, 0.25) is 0 Å². The molecule has 414 valence electrons. The monoisotopic (exact) mass is 1000 g/mol. The summed E-state index contributed by atoms with van der Waals surface area (Å²) in [7, 11) is 0. The normalized spacial score (nSPS) is 19.8. The molecule has 0 N–H and O–H groups in total. The highest BCUT2D eigenvalue weighted by atomic mass is 16.1. The van der Waals surface area contributed by atoms with Crippen molar-refractivity contribution in [2.24, 2.45) is 23.7 Å². The van der Waals surface area contributed by atoms with Crippen molar-refractivity contribution in [3.63, 3.8) is 0 Å². The summed E-state index contributed by atoms with van der Waals surface area (Å²) in [5.41, 5.74) is 15.3. The van der Waals surface area contributed by atoms with E-state index in [1.165, 1.54) is 177 Å². The molecule has 1 aliphatic rings. The van der Waals surface area contributed by atoms with E-state index in [2.05, 4.69) is 144 Å². The molecule has 1 saturated carbocycles. The van der Waals surface area contributed by atoms with Gasteiger partial charge >= 0.3 is 0 Å². The lowest BCUT2D eigenvalue weighted by Gasteiger charge is -2.37. The van der Waals surface area contributed by atoms with Crippen LogP contribution in [0.1, 0.15) is 296 Å². The van der Waals surface area contributed by atoms with Gasteiger partial charge in [-0.05, 0) is 268 Å². The van der Waals surface area contributed by atoms with Gasteiger partial charge < -0.3 is 0 Å². The summed E-state index contributed by atoms with van der Waals surface area (Å²) in [5, 5.41) is 0. The fourth-order valence-electron chi connectivity index (χ4n) is 10.7. The maximum Gasteiger partial charge on any atom is 0.140 e. The first-order valence-corrected chi connectivity index (χ1v) is 30.7. The zero-order valence-electron chi connectivity index (χ0n) is 50.8. The second-order valence-corrected chi connectivity index (χ2v) is 23.4. The molecule has 0 aromatic heterocycles. The molecule has 0 aromatic carbocycles. The van der Waals surface area contributed by atoms with Gasteiger partial charge in [0.2, 0.25) is 0 Å². The predicted octanol–water partition coefficient (Wildman–Crippen LogP) is 23.2. The molecule has 0 aromatic rings. The molecule has 0 amide bonds. The van der Waals surface area contributed by atoms with Gasteiger partial charge in [-0.1, -0.05) is 144 Å². The first-order chi connectivity index (χ1) is 35.0. The Hall–Kier alpha value is -3.26. The largest absolute Gasteiger partial charge is 0.299 e. The van der Waals surface area contributed by atoms with Crippen molar-refractivity contribution < 1.29 is 9.59 Å². The molecule has 73 heavy (non-hydrogen) atoms. The molecule has 4 atom stereocenters. The van der Waals surface area contributed by atoms with E-state index in [1.807, 2.05) is 13.8 Å². The molecule has 2 heteroatoms. The molecular formula is C71H118O2. The number of rotatable bonds is 41. The topological polar surface area (TPSA) is 34.1 Å². The van der Waals surface area contributed by atoms with E-state index in [-0.39, 0.29) is 23.7 Å². The molecule has 0 saturated heterocycles. The number of ketones is 2. The zero-order chi connectivity index (χ0) is 54.2. The Labute approximate surface area is 455 Å². The van der Waals surface area contributed by atoms with Crippen LogP contribution in [-0.2, 0) is 9.59 Å². The second kappa shape index (κ2) is 42.9. The molecule has 0 heterocycles. The van der Waals surface area contributed by atoms with Crippen molar-refractivity contribution in [1.29, 1.82) is 0 Å². The van der Waals surface area contributed by atoms with Crippen LogP contribution in [0, 0.1) is 23.7 Å². The average molecular weight is 1000 g/mol. The Morgan fingerprint density at radius 1 is 0.301 bits per heavy atom. The van der Waals surface area contributed by atoms with Crippen molar-refractivity contribution in [3.05, 3.63) is 116 Å². The third kappa shape index (κ3) is 34.1. The Morgan fingerprint density at radius 2 is 0.507 bits per heavy atom. The zero-order valence-corrected chi connectivity index (χ0v) is 50.8. The first-order valence-electron chi connectivity index (χ1n) is 30.7. The van der Waals surface area contributed by atoms with Crippen LogP contribution in [0.4, 0.5) is 0 Å². The fourth-order valence-corrected chi connectivity index (χ4v) is 10.7. The molecule has 0 bridgehead atoms. The van der Waals surface area contributed by atoms with E-state index in [0.717, 1.165) is 38.5 Å². The molecule has 0 aliphatic heterocycles. The van der Waals surface area contributed by atoms with E-state index in [9.17, 15) is 9.59 Å².